The number of hydrogen-bond acceptors (Lipinski definition) is 4. The van der Waals surface area contributed by atoms with Crippen molar-refractivity contribution in [3.63, 3.8) is 0 Å². The lowest BCUT2D eigenvalue weighted by molar-refractivity contribution is -0.115. The first-order valence-corrected chi connectivity index (χ1v) is 6.83. The zero-order valence-electron chi connectivity index (χ0n) is 10.7. The fraction of sp³-hybridized carbons (Fsp3) is 0.333. The molecule has 100 valence electrons. The molecule has 0 fully saturated rings. The van der Waals surface area contributed by atoms with Crippen LogP contribution in [0.1, 0.15) is 19.2 Å². The Morgan fingerprint density at radius 2 is 2.32 bits per heavy atom. The topological polar surface area (TPSA) is 72.7 Å². The van der Waals surface area contributed by atoms with Crippen LogP contribution in [0.2, 0.25) is 0 Å². The lowest BCUT2D eigenvalue weighted by Crippen LogP contribution is -2.22. The summed E-state index contributed by atoms with van der Waals surface area (Å²) < 4.78 is 1.61. The minimum absolute atomic E-state index is 0.0620. The van der Waals surface area contributed by atoms with Crippen molar-refractivity contribution in [2.45, 2.75) is 25.1 Å². The van der Waals surface area contributed by atoms with E-state index in [1.165, 1.54) is 0 Å². The molecule has 1 N–H and O–H groups in total. The number of aromatic nitrogens is 4. The van der Waals surface area contributed by atoms with Gasteiger partial charge < -0.3 is 5.32 Å². The number of carbonyl (C=O) groups excluding carboxylic acids is 1. The zero-order chi connectivity index (χ0) is 13.8. The van der Waals surface area contributed by atoms with Crippen molar-refractivity contribution in [3.8, 4) is 5.69 Å². The number of nitrogens with one attached hydrogen (secondary N) is 1. The number of rotatable bonds is 4. The molecule has 0 aliphatic heterocycles. The molecule has 0 spiro atoms. The Morgan fingerprint density at radius 1 is 1.53 bits per heavy atom. The summed E-state index contributed by atoms with van der Waals surface area (Å²) in [4.78, 5) is 11.6. The molecule has 0 saturated carbocycles. The van der Waals surface area contributed by atoms with E-state index in [9.17, 15) is 4.79 Å². The van der Waals surface area contributed by atoms with Gasteiger partial charge in [-0.2, -0.15) is 4.68 Å². The van der Waals surface area contributed by atoms with Crippen LogP contribution in [-0.2, 0) is 4.79 Å². The molecule has 1 amide bonds. The highest BCUT2D eigenvalue weighted by Gasteiger charge is 2.12. The largest absolute Gasteiger partial charge is 0.325 e. The molecule has 1 aromatic carbocycles. The van der Waals surface area contributed by atoms with Crippen LogP contribution in [0.5, 0.6) is 0 Å². The molecule has 0 bridgehead atoms. The fourth-order valence-corrected chi connectivity index (χ4v) is 1.71. The lowest BCUT2D eigenvalue weighted by Gasteiger charge is -2.10. The number of halogens is 1. The van der Waals surface area contributed by atoms with Crippen molar-refractivity contribution in [1.82, 2.24) is 20.2 Å². The Labute approximate surface area is 119 Å². The van der Waals surface area contributed by atoms with Crippen LogP contribution >= 0.6 is 15.9 Å². The van der Waals surface area contributed by atoms with Crippen LogP contribution < -0.4 is 5.32 Å². The molecule has 1 heterocycles. The van der Waals surface area contributed by atoms with Crippen molar-refractivity contribution in [2.24, 2.45) is 0 Å². The van der Waals surface area contributed by atoms with Gasteiger partial charge >= 0.3 is 0 Å². The van der Waals surface area contributed by atoms with Gasteiger partial charge in [-0.1, -0.05) is 28.9 Å². The van der Waals surface area contributed by atoms with Gasteiger partial charge in [0.2, 0.25) is 5.91 Å². The van der Waals surface area contributed by atoms with Crippen LogP contribution in [0.3, 0.4) is 0 Å². The molecule has 2 aromatic rings. The van der Waals surface area contributed by atoms with Gasteiger partial charge in [-0.3, -0.25) is 4.79 Å². The number of hydrogen-bond donors (Lipinski definition) is 1. The molecule has 1 unspecified atom stereocenters. The van der Waals surface area contributed by atoms with E-state index < -0.39 is 0 Å². The number of aryl methyl sites for hydroxylation is 1. The van der Waals surface area contributed by atoms with Crippen molar-refractivity contribution in [1.29, 1.82) is 0 Å². The van der Waals surface area contributed by atoms with E-state index in [1.54, 1.807) is 4.68 Å². The van der Waals surface area contributed by atoms with E-state index in [4.69, 9.17) is 0 Å². The van der Waals surface area contributed by atoms with E-state index in [0.29, 0.717) is 5.82 Å². The Balaban J connectivity index is 2.21. The predicted octanol–water partition coefficient (Wildman–Crippen LogP) is 2.08. The average molecular weight is 324 g/mol. The second-order valence-corrected chi connectivity index (χ2v) is 5.16. The van der Waals surface area contributed by atoms with Gasteiger partial charge in [0, 0.05) is 5.69 Å². The average Bonchev–Trinajstić information content (AvgIpc) is 2.84. The summed E-state index contributed by atoms with van der Waals surface area (Å²) in [5.74, 6) is 0.628. The first-order valence-electron chi connectivity index (χ1n) is 5.92. The summed E-state index contributed by atoms with van der Waals surface area (Å²) in [7, 11) is 0. The van der Waals surface area contributed by atoms with Crippen LogP contribution in [0.25, 0.3) is 5.69 Å². The van der Waals surface area contributed by atoms with E-state index in [1.807, 2.05) is 38.1 Å². The highest BCUT2D eigenvalue weighted by molar-refractivity contribution is 9.10. The predicted molar refractivity (Wildman–Crippen MR) is 75.5 cm³/mol. The van der Waals surface area contributed by atoms with Gasteiger partial charge in [-0.15, -0.1) is 5.10 Å². The molecule has 2 rings (SSSR count). The monoisotopic (exact) mass is 323 g/mol. The van der Waals surface area contributed by atoms with Crippen LogP contribution in [0, 0.1) is 6.92 Å². The zero-order valence-corrected chi connectivity index (χ0v) is 12.3. The second-order valence-electron chi connectivity index (χ2n) is 4.05. The molecule has 1 aromatic heterocycles. The Hall–Kier alpha value is -1.76. The third-order valence-corrected chi connectivity index (χ3v) is 3.69. The van der Waals surface area contributed by atoms with Gasteiger partial charge in [0.25, 0.3) is 0 Å². The number of tetrazole rings is 1. The molecule has 0 aliphatic carbocycles. The first-order chi connectivity index (χ1) is 9.11. The Morgan fingerprint density at radius 3 is 2.95 bits per heavy atom. The van der Waals surface area contributed by atoms with Crippen molar-refractivity contribution in [2.75, 3.05) is 5.32 Å². The SMILES string of the molecule is CCC(Br)C(=O)Nc1cccc(-n2nnnc2C)c1. The van der Waals surface area contributed by atoms with Gasteiger partial charge in [-0.05, 0) is 42.0 Å². The second kappa shape index (κ2) is 5.92. The third kappa shape index (κ3) is 3.17. The number of anilines is 1. The van der Waals surface area contributed by atoms with Crippen LogP contribution in [-0.4, -0.2) is 30.9 Å². The molecule has 0 radical (unpaired) electrons. The molecular formula is C12H14BrN5O. The number of benzene rings is 1. The Bertz CT molecular complexity index is 583. The highest BCUT2D eigenvalue weighted by atomic mass is 79.9. The number of alkyl halides is 1. The summed E-state index contributed by atoms with van der Waals surface area (Å²) in [6.07, 6.45) is 0.734. The van der Waals surface area contributed by atoms with Crippen molar-refractivity contribution < 1.29 is 4.79 Å². The normalized spacial score (nSPS) is 12.2. The first kappa shape index (κ1) is 13.7. The van der Waals surface area contributed by atoms with Crippen molar-refractivity contribution in [3.05, 3.63) is 30.1 Å². The quantitative estimate of drug-likeness (QED) is 0.874. The standard InChI is InChI=1S/C12H14BrN5O/c1-3-11(13)12(19)14-9-5-4-6-10(7-9)18-8(2)15-16-17-18/h4-7,11H,3H2,1-2H3,(H,14,19). The fourth-order valence-electron chi connectivity index (χ4n) is 1.59. The minimum Gasteiger partial charge on any atom is -0.325 e. The van der Waals surface area contributed by atoms with Crippen LogP contribution in [0.15, 0.2) is 24.3 Å². The number of nitrogens with zero attached hydrogens (tertiary/aromatic N) is 4. The van der Waals surface area contributed by atoms with E-state index >= 15 is 0 Å². The number of amides is 1. The van der Waals surface area contributed by atoms with Gasteiger partial charge in [0.05, 0.1) is 10.5 Å². The summed E-state index contributed by atoms with van der Waals surface area (Å²) in [5.41, 5.74) is 1.53. The molecule has 1 atom stereocenters. The molecular weight excluding hydrogens is 310 g/mol. The molecule has 0 aliphatic rings. The maximum Gasteiger partial charge on any atom is 0.238 e. The molecule has 6 nitrogen and oxygen atoms in total. The maximum absolute atomic E-state index is 11.8. The molecule has 19 heavy (non-hydrogen) atoms. The van der Waals surface area contributed by atoms with Gasteiger partial charge in [-0.25, -0.2) is 0 Å². The maximum atomic E-state index is 11.8. The van der Waals surface area contributed by atoms with E-state index in [0.717, 1.165) is 17.8 Å². The van der Waals surface area contributed by atoms with Gasteiger partial charge in [0.1, 0.15) is 0 Å². The Kier molecular flexibility index (Phi) is 4.26. The summed E-state index contributed by atoms with van der Waals surface area (Å²) in [6.45, 7) is 3.76. The smallest absolute Gasteiger partial charge is 0.238 e. The van der Waals surface area contributed by atoms with E-state index in [2.05, 4.69) is 36.8 Å². The molecule has 0 saturated heterocycles. The number of carbonyl (C=O) groups is 1. The highest BCUT2D eigenvalue weighted by Crippen LogP contribution is 2.16. The summed E-state index contributed by atoms with van der Waals surface area (Å²) in [6, 6.07) is 7.39. The van der Waals surface area contributed by atoms with Crippen molar-refractivity contribution >= 4 is 27.5 Å². The minimum atomic E-state index is -0.189. The lowest BCUT2D eigenvalue weighted by atomic mass is 10.2. The summed E-state index contributed by atoms with van der Waals surface area (Å²) in [5, 5.41) is 14.2. The summed E-state index contributed by atoms with van der Waals surface area (Å²) >= 11 is 3.32. The van der Waals surface area contributed by atoms with E-state index in [-0.39, 0.29) is 10.7 Å². The van der Waals surface area contributed by atoms with Crippen LogP contribution in [0.4, 0.5) is 5.69 Å². The van der Waals surface area contributed by atoms with Gasteiger partial charge in [0.15, 0.2) is 5.82 Å². The molecule has 7 heteroatoms. The third-order valence-electron chi connectivity index (χ3n) is 2.63.